The summed E-state index contributed by atoms with van der Waals surface area (Å²) < 4.78 is 0. The number of benzene rings is 1. The summed E-state index contributed by atoms with van der Waals surface area (Å²) in [5, 5.41) is 4.42. The van der Waals surface area contributed by atoms with Gasteiger partial charge in [0.2, 0.25) is 0 Å². The number of halogens is 1. The smallest absolute Gasteiger partial charge is 0.0798 e. The number of aryl methyl sites for hydroxylation is 1. The largest absolute Gasteiger partial charge is 0.307 e. The molecule has 2 aromatic rings. The van der Waals surface area contributed by atoms with Crippen LogP contribution in [0.4, 0.5) is 0 Å². The van der Waals surface area contributed by atoms with Gasteiger partial charge in [0.25, 0.3) is 0 Å². The molecule has 0 aliphatic carbocycles. The molecule has 2 unspecified atom stereocenters. The van der Waals surface area contributed by atoms with Crippen LogP contribution < -0.4 is 5.32 Å². The van der Waals surface area contributed by atoms with Crippen molar-refractivity contribution in [3.05, 3.63) is 50.9 Å². The lowest BCUT2D eigenvalue weighted by Gasteiger charge is -2.19. The zero-order valence-electron chi connectivity index (χ0n) is 11.5. The van der Waals surface area contributed by atoms with Crippen molar-refractivity contribution < 1.29 is 0 Å². The van der Waals surface area contributed by atoms with Crippen LogP contribution in [0, 0.1) is 6.92 Å². The summed E-state index contributed by atoms with van der Waals surface area (Å²) in [5.74, 6) is 0. The Labute approximate surface area is 123 Å². The van der Waals surface area contributed by atoms with Gasteiger partial charge in [-0.2, -0.15) is 0 Å². The lowest BCUT2D eigenvalue weighted by molar-refractivity contribution is 0.480. The molecule has 4 heteroatoms. The Hall–Kier alpha value is -0.900. The first-order valence-corrected chi connectivity index (χ1v) is 7.72. The first-order chi connectivity index (χ1) is 9.06. The zero-order chi connectivity index (χ0) is 13.8. The van der Waals surface area contributed by atoms with Gasteiger partial charge in [0.1, 0.15) is 0 Å². The monoisotopic (exact) mass is 294 g/mol. The molecule has 0 bridgehead atoms. The Kier molecular flexibility index (Phi) is 4.97. The van der Waals surface area contributed by atoms with E-state index in [-0.39, 0.29) is 0 Å². The second-order valence-electron chi connectivity index (χ2n) is 4.93. The third-order valence-corrected chi connectivity index (χ3v) is 4.49. The van der Waals surface area contributed by atoms with Crippen LogP contribution in [0.1, 0.15) is 36.0 Å². The number of rotatable bonds is 5. The minimum absolute atomic E-state index is 0.335. The van der Waals surface area contributed by atoms with Crippen molar-refractivity contribution in [1.29, 1.82) is 0 Å². The minimum Gasteiger partial charge on any atom is -0.307 e. The number of hydrogen-bond acceptors (Lipinski definition) is 3. The molecule has 0 saturated heterocycles. The van der Waals surface area contributed by atoms with Crippen LogP contribution in [-0.4, -0.2) is 11.0 Å². The lowest BCUT2D eigenvalue weighted by Crippen LogP contribution is -2.30. The third-order valence-electron chi connectivity index (χ3n) is 3.14. The van der Waals surface area contributed by atoms with Crippen molar-refractivity contribution in [3.63, 3.8) is 0 Å². The summed E-state index contributed by atoms with van der Waals surface area (Å²) in [6.07, 6.45) is 0.975. The molecule has 19 heavy (non-hydrogen) atoms. The maximum absolute atomic E-state index is 6.01. The highest BCUT2D eigenvalue weighted by Crippen LogP contribution is 2.22. The van der Waals surface area contributed by atoms with E-state index in [0.29, 0.717) is 12.1 Å². The molecule has 1 aromatic heterocycles. The molecule has 1 heterocycles. The van der Waals surface area contributed by atoms with Gasteiger partial charge < -0.3 is 5.32 Å². The fourth-order valence-electron chi connectivity index (χ4n) is 2.31. The van der Waals surface area contributed by atoms with E-state index >= 15 is 0 Å². The summed E-state index contributed by atoms with van der Waals surface area (Å²) in [4.78, 5) is 5.62. The average Bonchev–Trinajstić information content (AvgIpc) is 2.75. The van der Waals surface area contributed by atoms with Crippen molar-refractivity contribution in [2.75, 3.05) is 0 Å². The van der Waals surface area contributed by atoms with Crippen LogP contribution in [0.15, 0.2) is 29.8 Å². The normalized spacial score (nSPS) is 14.3. The van der Waals surface area contributed by atoms with E-state index in [4.69, 9.17) is 11.6 Å². The van der Waals surface area contributed by atoms with Crippen LogP contribution in [0.5, 0.6) is 0 Å². The van der Waals surface area contributed by atoms with Crippen LogP contribution in [-0.2, 0) is 6.42 Å². The highest BCUT2D eigenvalue weighted by molar-refractivity contribution is 7.09. The van der Waals surface area contributed by atoms with Crippen LogP contribution in [0.3, 0.4) is 0 Å². The Morgan fingerprint density at radius 1 is 1.37 bits per heavy atom. The molecule has 0 amide bonds. The molecule has 1 N–H and O–H groups in total. The molecule has 0 saturated carbocycles. The van der Waals surface area contributed by atoms with Gasteiger partial charge in [-0.15, -0.1) is 11.3 Å². The van der Waals surface area contributed by atoms with Gasteiger partial charge in [-0.3, -0.25) is 0 Å². The van der Waals surface area contributed by atoms with E-state index in [1.165, 1.54) is 10.4 Å². The molecule has 0 radical (unpaired) electrons. The predicted molar refractivity (Wildman–Crippen MR) is 83.0 cm³/mol. The van der Waals surface area contributed by atoms with Crippen molar-refractivity contribution >= 4 is 22.9 Å². The number of thiazole rings is 1. The molecule has 2 rings (SSSR count). The van der Waals surface area contributed by atoms with Gasteiger partial charge in [0, 0.05) is 22.0 Å². The van der Waals surface area contributed by atoms with E-state index in [9.17, 15) is 0 Å². The second kappa shape index (κ2) is 6.51. The van der Waals surface area contributed by atoms with E-state index < -0.39 is 0 Å². The van der Waals surface area contributed by atoms with Crippen LogP contribution >= 0.6 is 22.9 Å². The molecular weight excluding hydrogens is 276 g/mol. The summed E-state index contributed by atoms with van der Waals surface area (Å²) in [7, 11) is 0. The fourth-order valence-corrected chi connectivity index (χ4v) is 3.34. The highest BCUT2D eigenvalue weighted by atomic mass is 35.5. The summed E-state index contributed by atoms with van der Waals surface area (Å²) >= 11 is 7.72. The maximum atomic E-state index is 6.01. The molecule has 0 spiro atoms. The van der Waals surface area contributed by atoms with Gasteiger partial charge in [0.05, 0.1) is 11.2 Å². The quantitative estimate of drug-likeness (QED) is 0.885. The molecule has 0 aliphatic rings. The van der Waals surface area contributed by atoms with Crippen LogP contribution in [0.25, 0.3) is 0 Å². The molecule has 1 aromatic carbocycles. The Balaban J connectivity index is 1.94. The SMILES string of the molecule is Cc1ncsc1C(C)NC(C)Cc1cccc(Cl)c1. The fraction of sp³-hybridized carbons (Fsp3) is 0.400. The number of hydrogen-bond donors (Lipinski definition) is 1. The first-order valence-electron chi connectivity index (χ1n) is 6.46. The highest BCUT2D eigenvalue weighted by Gasteiger charge is 2.13. The third kappa shape index (κ3) is 4.03. The van der Waals surface area contributed by atoms with Gasteiger partial charge in [-0.05, 0) is 44.9 Å². The molecular formula is C15H19ClN2S. The van der Waals surface area contributed by atoms with E-state index in [0.717, 1.165) is 17.1 Å². The average molecular weight is 295 g/mol. The summed E-state index contributed by atoms with van der Waals surface area (Å²) in [6.45, 7) is 6.45. The second-order valence-corrected chi connectivity index (χ2v) is 6.25. The Morgan fingerprint density at radius 3 is 2.79 bits per heavy atom. The molecule has 0 fully saturated rings. The van der Waals surface area contributed by atoms with Crippen molar-refractivity contribution in [3.8, 4) is 0 Å². The topological polar surface area (TPSA) is 24.9 Å². The predicted octanol–water partition coefficient (Wildman–Crippen LogP) is 4.39. The molecule has 0 aliphatic heterocycles. The van der Waals surface area contributed by atoms with Gasteiger partial charge in [-0.25, -0.2) is 4.98 Å². The minimum atomic E-state index is 0.335. The van der Waals surface area contributed by atoms with Gasteiger partial charge in [-0.1, -0.05) is 23.7 Å². The number of aromatic nitrogens is 1. The van der Waals surface area contributed by atoms with Gasteiger partial charge >= 0.3 is 0 Å². The molecule has 102 valence electrons. The summed E-state index contributed by atoms with van der Waals surface area (Å²) in [6, 6.07) is 8.79. The van der Waals surface area contributed by atoms with Crippen molar-refractivity contribution in [2.45, 2.75) is 39.3 Å². The summed E-state index contributed by atoms with van der Waals surface area (Å²) in [5.41, 5.74) is 4.30. The Bertz CT molecular complexity index is 538. The van der Waals surface area contributed by atoms with E-state index in [2.05, 4.69) is 37.1 Å². The maximum Gasteiger partial charge on any atom is 0.0798 e. The lowest BCUT2D eigenvalue weighted by atomic mass is 10.1. The molecule has 2 nitrogen and oxygen atoms in total. The van der Waals surface area contributed by atoms with Crippen LogP contribution in [0.2, 0.25) is 5.02 Å². The first kappa shape index (κ1) is 14.5. The standard InChI is InChI=1S/C15H19ClN2S/c1-10(7-13-5-4-6-14(16)8-13)18-12(3)15-11(2)17-9-19-15/h4-6,8-10,12,18H,7H2,1-3H3. The molecule has 2 atom stereocenters. The van der Waals surface area contributed by atoms with Crippen molar-refractivity contribution in [1.82, 2.24) is 10.3 Å². The van der Waals surface area contributed by atoms with E-state index in [1.54, 1.807) is 11.3 Å². The van der Waals surface area contributed by atoms with Crippen molar-refractivity contribution in [2.24, 2.45) is 0 Å². The Morgan fingerprint density at radius 2 is 2.16 bits per heavy atom. The number of nitrogens with one attached hydrogen (secondary N) is 1. The number of nitrogens with zero attached hydrogens (tertiary/aromatic N) is 1. The van der Waals surface area contributed by atoms with Gasteiger partial charge in [0.15, 0.2) is 0 Å². The zero-order valence-corrected chi connectivity index (χ0v) is 13.1. The van der Waals surface area contributed by atoms with E-state index in [1.807, 2.05) is 23.7 Å².